The van der Waals surface area contributed by atoms with Gasteiger partial charge in [-0.1, -0.05) is 36.4 Å². The van der Waals surface area contributed by atoms with Gasteiger partial charge in [-0.05, 0) is 30.3 Å². The van der Waals surface area contributed by atoms with Crippen LogP contribution in [0.15, 0.2) is 48.5 Å². The molecule has 0 radical (unpaired) electrons. The highest BCUT2D eigenvalue weighted by molar-refractivity contribution is 5.66. The van der Waals surface area contributed by atoms with Crippen LogP contribution in [0, 0.1) is 0 Å². The van der Waals surface area contributed by atoms with E-state index in [4.69, 9.17) is 4.74 Å². The first-order valence-corrected chi connectivity index (χ1v) is 6.46. The molecule has 2 aromatic rings. The number of aromatic hydroxyl groups is 1. The summed E-state index contributed by atoms with van der Waals surface area (Å²) in [4.78, 5) is 2.18. The molecule has 0 spiro atoms. The fourth-order valence-electron chi connectivity index (χ4n) is 2.31. The number of nitrogens with zero attached hydrogens (tertiary/aromatic N) is 1. The second kappa shape index (κ2) is 4.94. The van der Waals surface area contributed by atoms with Crippen molar-refractivity contribution in [3.8, 4) is 22.6 Å². The Morgan fingerprint density at radius 1 is 1.05 bits per heavy atom. The fourth-order valence-corrected chi connectivity index (χ4v) is 2.31. The number of hydrogen-bond donors (Lipinski definition) is 1. The average molecular weight is 255 g/mol. The van der Waals surface area contributed by atoms with Crippen LogP contribution >= 0.6 is 0 Å². The molecule has 1 fully saturated rings. The van der Waals surface area contributed by atoms with Crippen molar-refractivity contribution in [1.29, 1.82) is 0 Å². The van der Waals surface area contributed by atoms with Crippen molar-refractivity contribution in [3.63, 3.8) is 0 Å². The van der Waals surface area contributed by atoms with Crippen molar-refractivity contribution in [2.75, 3.05) is 20.1 Å². The van der Waals surface area contributed by atoms with E-state index < -0.39 is 0 Å². The quantitative estimate of drug-likeness (QED) is 0.915. The van der Waals surface area contributed by atoms with Crippen LogP contribution in [0.4, 0.5) is 0 Å². The summed E-state index contributed by atoms with van der Waals surface area (Å²) in [5.74, 6) is 0.772. The molecule has 2 aromatic carbocycles. The maximum atomic E-state index is 9.88. The third kappa shape index (κ3) is 2.56. The van der Waals surface area contributed by atoms with E-state index in [-0.39, 0.29) is 11.9 Å². The molecule has 3 nitrogen and oxygen atoms in total. The minimum absolute atomic E-state index is 0.182. The van der Waals surface area contributed by atoms with Crippen LogP contribution in [0.5, 0.6) is 11.5 Å². The lowest BCUT2D eigenvalue weighted by molar-refractivity contribution is 0.0370. The third-order valence-corrected chi connectivity index (χ3v) is 3.39. The lowest BCUT2D eigenvalue weighted by atomic mass is 10.1. The molecule has 98 valence electrons. The maximum Gasteiger partial charge on any atom is 0.162 e. The highest BCUT2D eigenvalue weighted by Crippen LogP contribution is 2.33. The van der Waals surface area contributed by atoms with Crippen molar-refractivity contribution in [3.05, 3.63) is 48.5 Å². The molecular weight excluding hydrogens is 238 g/mol. The molecular formula is C16H17NO2. The van der Waals surface area contributed by atoms with Gasteiger partial charge in [-0.2, -0.15) is 0 Å². The number of likely N-dealkylation sites (N-methyl/N-ethyl adjacent to an activating group) is 1. The van der Waals surface area contributed by atoms with Gasteiger partial charge in [-0.25, -0.2) is 0 Å². The van der Waals surface area contributed by atoms with E-state index in [0.717, 1.165) is 24.2 Å². The molecule has 0 amide bonds. The van der Waals surface area contributed by atoms with Crippen molar-refractivity contribution >= 4 is 0 Å². The molecule has 0 atom stereocenters. The van der Waals surface area contributed by atoms with E-state index >= 15 is 0 Å². The van der Waals surface area contributed by atoms with E-state index in [0.29, 0.717) is 5.75 Å². The van der Waals surface area contributed by atoms with E-state index in [1.807, 2.05) is 42.5 Å². The van der Waals surface area contributed by atoms with Gasteiger partial charge in [0.15, 0.2) is 11.5 Å². The number of ether oxygens (including phenoxy) is 1. The molecule has 1 aliphatic rings. The Morgan fingerprint density at radius 3 is 2.47 bits per heavy atom. The number of phenols is 1. The van der Waals surface area contributed by atoms with E-state index in [1.165, 1.54) is 0 Å². The third-order valence-electron chi connectivity index (χ3n) is 3.39. The van der Waals surface area contributed by atoms with Crippen LogP contribution in [-0.2, 0) is 0 Å². The molecule has 3 heteroatoms. The smallest absolute Gasteiger partial charge is 0.162 e. The molecule has 3 rings (SSSR count). The molecule has 0 saturated carbocycles. The van der Waals surface area contributed by atoms with Crippen LogP contribution in [0.3, 0.4) is 0 Å². The summed E-state index contributed by atoms with van der Waals surface area (Å²) < 4.78 is 5.82. The summed E-state index contributed by atoms with van der Waals surface area (Å²) in [5, 5.41) is 9.88. The first-order valence-electron chi connectivity index (χ1n) is 6.46. The number of rotatable bonds is 3. The largest absolute Gasteiger partial charge is 0.504 e. The Balaban J connectivity index is 1.84. The van der Waals surface area contributed by atoms with E-state index in [1.54, 1.807) is 6.07 Å². The van der Waals surface area contributed by atoms with Crippen molar-refractivity contribution in [2.45, 2.75) is 6.10 Å². The first-order chi connectivity index (χ1) is 9.22. The van der Waals surface area contributed by atoms with Crippen LogP contribution in [0.25, 0.3) is 11.1 Å². The highest BCUT2D eigenvalue weighted by Gasteiger charge is 2.25. The first kappa shape index (κ1) is 12.1. The molecule has 0 bridgehead atoms. The van der Waals surface area contributed by atoms with Gasteiger partial charge >= 0.3 is 0 Å². The molecule has 1 saturated heterocycles. The average Bonchev–Trinajstić information content (AvgIpc) is 2.40. The van der Waals surface area contributed by atoms with Crippen molar-refractivity contribution < 1.29 is 9.84 Å². The molecule has 1 heterocycles. The monoisotopic (exact) mass is 255 g/mol. The standard InChI is InChI=1S/C16H17NO2/c1-17-10-14(11-17)19-16-9-13(7-8-15(16)18)12-5-3-2-4-6-12/h2-9,14,18H,10-11H2,1H3. The van der Waals surface area contributed by atoms with Crippen LogP contribution in [0.2, 0.25) is 0 Å². The Morgan fingerprint density at radius 2 is 1.79 bits per heavy atom. The second-order valence-electron chi connectivity index (χ2n) is 5.01. The van der Waals surface area contributed by atoms with Crippen LogP contribution in [0.1, 0.15) is 0 Å². The lowest BCUT2D eigenvalue weighted by Crippen LogP contribution is -2.51. The van der Waals surface area contributed by atoms with E-state index in [9.17, 15) is 5.11 Å². The molecule has 0 aliphatic carbocycles. The summed E-state index contributed by atoms with van der Waals surface area (Å²) in [6, 6.07) is 15.6. The topological polar surface area (TPSA) is 32.7 Å². The predicted octanol–water partition coefficient (Wildman–Crippen LogP) is 2.75. The van der Waals surface area contributed by atoms with Gasteiger partial charge < -0.3 is 9.84 Å². The molecule has 1 aliphatic heterocycles. The fraction of sp³-hybridized carbons (Fsp3) is 0.250. The number of benzene rings is 2. The van der Waals surface area contributed by atoms with Crippen LogP contribution in [-0.4, -0.2) is 36.2 Å². The number of likely N-dealkylation sites (tertiary alicyclic amines) is 1. The summed E-state index contributed by atoms with van der Waals surface area (Å²) in [6.45, 7) is 1.82. The van der Waals surface area contributed by atoms with Crippen molar-refractivity contribution in [1.82, 2.24) is 4.90 Å². The highest BCUT2D eigenvalue weighted by atomic mass is 16.5. The zero-order chi connectivity index (χ0) is 13.2. The van der Waals surface area contributed by atoms with Gasteiger partial charge in [0.2, 0.25) is 0 Å². The summed E-state index contributed by atoms with van der Waals surface area (Å²) in [5.41, 5.74) is 2.18. The Labute approximate surface area is 113 Å². The van der Waals surface area contributed by atoms with Crippen molar-refractivity contribution in [2.24, 2.45) is 0 Å². The predicted molar refractivity (Wildman–Crippen MR) is 75.5 cm³/mol. The van der Waals surface area contributed by atoms with Gasteiger partial charge in [0.1, 0.15) is 6.10 Å². The second-order valence-corrected chi connectivity index (χ2v) is 5.01. The van der Waals surface area contributed by atoms with Gasteiger partial charge in [0.05, 0.1) is 0 Å². The lowest BCUT2D eigenvalue weighted by Gasteiger charge is -2.36. The Hall–Kier alpha value is -2.00. The maximum absolute atomic E-state index is 9.88. The number of phenolic OH excluding ortho intramolecular Hbond substituents is 1. The van der Waals surface area contributed by atoms with Gasteiger partial charge in [0, 0.05) is 13.1 Å². The summed E-state index contributed by atoms with van der Waals surface area (Å²) in [7, 11) is 2.06. The summed E-state index contributed by atoms with van der Waals surface area (Å²) in [6.07, 6.45) is 0.182. The number of hydrogen-bond acceptors (Lipinski definition) is 3. The molecule has 0 aromatic heterocycles. The molecule has 1 N–H and O–H groups in total. The zero-order valence-electron chi connectivity index (χ0n) is 10.9. The van der Waals surface area contributed by atoms with E-state index in [2.05, 4.69) is 11.9 Å². The minimum Gasteiger partial charge on any atom is -0.504 e. The SMILES string of the molecule is CN1CC(Oc2cc(-c3ccccc3)ccc2O)C1. The molecule has 19 heavy (non-hydrogen) atoms. The summed E-state index contributed by atoms with van der Waals surface area (Å²) >= 11 is 0. The molecule has 0 unspecified atom stereocenters. The Kier molecular flexibility index (Phi) is 3.13. The Bertz CT molecular complexity index is 562. The minimum atomic E-state index is 0.182. The van der Waals surface area contributed by atoms with Gasteiger partial charge in [-0.15, -0.1) is 0 Å². The normalized spacial score (nSPS) is 16.1. The zero-order valence-corrected chi connectivity index (χ0v) is 10.9. The van der Waals surface area contributed by atoms with Crippen LogP contribution < -0.4 is 4.74 Å². The van der Waals surface area contributed by atoms with Gasteiger partial charge in [0.25, 0.3) is 0 Å². The van der Waals surface area contributed by atoms with Gasteiger partial charge in [-0.3, -0.25) is 4.90 Å².